The van der Waals surface area contributed by atoms with Crippen molar-refractivity contribution in [2.75, 3.05) is 7.11 Å². The predicted octanol–water partition coefficient (Wildman–Crippen LogP) is 5.98. The van der Waals surface area contributed by atoms with E-state index in [0.29, 0.717) is 5.92 Å². The Labute approximate surface area is 140 Å². The van der Waals surface area contributed by atoms with Crippen molar-refractivity contribution in [2.45, 2.75) is 25.6 Å². The lowest BCUT2D eigenvalue weighted by Gasteiger charge is -2.15. The van der Waals surface area contributed by atoms with Crippen LogP contribution in [-0.4, -0.2) is 7.11 Å². The summed E-state index contributed by atoms with van der Waals surface area (Å²) in [5.74, 6) is 1.46. The molecule has 0 saturated heterocycles. The molecule has 1 atom stereocenters. The van der Waals surface area contributed by atoms with E-state index in [1.165, 1.54) is 5.56 Å². The van der Waals surface area contributed by atoms with E-state index in [4.69, 9.17) is 16.3 Å². The zero-order chi connectivity index (χ0) is 15.4. The van der Waals surface area contributed by atoms with Crippen LogP contribution in [0.15, 0.2) is 46.9 Å². The number of rotatable bonds is 5. The lowest BCUT2D eigenvalue weighted by Crippen LogP contribution is -1.99. The first-order valence-electron chi connectivity index (χ1n) is 7.07. The summed E-state index contributed by atoms with van der Waals surface area (Å²) in [6.07, 6.45) is 1.09. The molecule has 0 aliphatic carbocycles. The van der Waals surface area contributed by atoms with Gasteiger partial charge in [0, 0.05) is 10.0 Å². The van der Waals surface area contributed by atoms with Gasteiger partial charge >= 0.3 is 0 Å². The van der Waals surface area contributed by atoms with E-state index < -0.39 is 0 Å². The number of hydrogen-bond acceptors (Lipinski definition) is 1. The molecule has 0 spiro atoms. The Balaban J connectivity index is 2.25. The maximum Gasteiger partial charge on any atom is 0.125 e. The third-order valence-corrected chi connectivity index (χ3v) is 4.37. The molecule has 0 N–H and O–H groups in total. The van der Waals surface area contributed by atoms with Gasteiger partial charge in [0.25, 0.3) is 0 Å². The molecule has 0 fully saturated rings. The van der Waals surface area contributed by atoms with Crippen LogP contribution in [0.2, 0.25) is 0 Å². The molecule has 21 heavy (non-hydrogen) atoms. The molecule has 2 aromatic carbocycles. The van der Waals surface area contributed by atoms with Gasteiger partial charge in [-0.25, -0.2) is 0 Å². The van der Waals surface area contributed by atoms with Crippen LogP contribution < -0.4 is 4.74 Å². The number of hydrogen-bond donors (Lipinski definition) is 0. The molecule has 1 nitrogen and oxygen atoms in total. The normalized spacial score (nSPS) is 12.5. The molecule has 2 rings (SSSR count). The van der Waals surface area contributed by atoms with Gasteiger partial charge in [-0.2, -0.15) is 0 Å². The molecule has 0 amide bonds. The smallest absolute Gasteiger partial charge is 0.125 e. The van der Waals surface area contributed by atoms with Gasteiger partial charge in [0.15, 0.2) is 0 Å². The van der Waals surface area contributed by atoms with Crippen LogP contribution in [0.3, 0.4) is 0 Å². The molecule has 0 saturated carbocycles. The zero-order valence-electron chi connectivity index (χ0n) is 12.6. The average molecular weight is 368 g/mol. The van der Waals surface area contributed by atoms with Gasteiger partial charge in [0.05, 0.1) is 12.5 Å². The molecule has 0 bridgehead atoms. The van der Waals surface area contributed by atoms with Crippen molar-refractivity contribution in [1.82, 2.24) is 0 Å². The van der Waals surface area contributed by atoms with Crippen molar-refractivity contribution < 1.29 is 4.74 Å². The number of halogens is 2. The van der Waals surface area contributed by atoms with E-state index in [9.17, 15) is 0 Å². The Morgan fingerprint density at radius 2 is 1.76 bits per heavy atom. The molecule has 0 aliphatic rings. The highest BCUT2D eigenvalue weighted by molar-refractivity contribution is 9.10. The summed E-state index contributed by atoms with van der Waals surface area (Å²) in [5.41, 5.74) is 3.42. The Morgan fingerprint density at radius 3 is 2.33 bits per heavy atom. The van der Waals surface area contributed by atoms with Crippen LogP contribution in [0.5, 0.6) is 5.75 Å². The Kier molecular flexibility index (Phi) is 5.72. The zero-order valence-corrected chi connectivity index (χ0v) is 14.9. The molecule has 112 valence electrons. The van der Waals surface area contributed by atoms with Crippen LogP contribution in [0.1, 0.15) is 35.9 Å². The van der Waals surface area contributed by atoms with Gasteiger partial charge in [-0.3, -0.25) is 0 Å². The molecule has 0 aliphatic heterocycles. The standard InChI is InChI=1S/C18H20BrClO/c1-12(2)10-13-4-6-14(7-5-13)18(20)16-9-8-15(19)11-17(16)21-3/h4-9,11-12,18H,10H2,1-3H3. The average Bonchev–Trinajstić information content (AvgIpc) is 2.46. The molecule has 0 aromatic heterocycles. The second kappa shape index (κ2) is 7.33. The third-order valence-electron chi connectivity index (χ3n) is 3.38. The van der Waals surface area contributed by atoms with Gasteiger partial charge in [-0.15, -0.1) is 11.6 Å². The molecule has 1 unspecified atom stereocenters. The van der Waals surface area contributed by atoms with Gasteiger partial charge in [0.2, 0.25) is 0 Å². The van der Waals surface area contributed by atoms with E-state index in [1.54, 1.807) is 7.11 Å². The number of ether oxygens (including phenoxy) is 1. The second-order valence-electron chi connectivity index (χ2n) is 5.59. The van der Waals surface area contributed by atoms with Gasteiger partial charge in [-0.1, -0.05) is 60.1 Å². The topological polar surface area (TPSA) is 9.23 Å². The van der Waals surface area contributed by atoms with Gasteiger partial charge in [-0.05, 0) is 35.6 Å². The Bertz CT molecular complexity index is 593. The van der Waals surface area contributed by atoms with E-state index in [1.807, 2.05) is 18.2 Å². The second-order valence-corrected chi connectivity index (χ2v) is 6.94. The minimum atomic E-state index is -0.207. The van der Waals surface area contributed by atoms with Crippen molar-refractivity contribution in [3.05, 3.63) is 63.6 Å². The summed E-state index contributed by atoms with van der Waals surface area (Å²) in [7, 11) is 1.67. The summed E-state index contributed by atoms with van der Waals surface area (Å²) >= 11 is 10.1. The van der Waals surface area contributed by atoms with Gasteiger partial charge < -0.3 is 4.74 Å². The van der Waals surface area contributed by atoms with Crippen LogP contribution in [0, 0.1) is 5.92 Å². The molecular weight excluding hydrogens is 348 g/mol. The summed E-state index contributed by atoms with van der Waals surface area (Å²) in [6, 6.07) is 14.5. The van der Waals surface area contributed by atoms with E-state index in [-0.39, 0.29) is 5.38 Å². The highest BCUT2D eigenvalue weighted by atomic mass is 79.9. The van der Waals surface area contributed by atoms with Crippen molar-refractivity contribution in [3.8, 4) is 5.75 Å². The Hall–Kier alpha value is -0.990. The fourth-order valence-electron chi connectivity index (χ4n) is 2.37. The maximum absolute atomic E-state index is 6.63. The first kappa shape index (κ1) is 16.4. The SMILES string of the molecule is COc1cc(Br)ccc1C(Cl)c1ccc(CC(C)C)cc1. The number of methoxy groups -OCH3 is 1. The fraction of sp³-hybridized carbons (Fsp3) is 0.333. The highest BCUT2D eigenvalue weighted by Crippen LogP contribution is 2.36. The lowest BCUT2D eigenvalue weighted by atomic mass is 9.98. The van der Waals surface area contributed by atoms with Crippen molar-refractivity contribution in [3.63, 3.8) is 0 Å². The van der Waals surface area contributed by atoms with Crippen molar-refractivity contribution >= 4 is 27.5 Å². The molecule has 2 aromatic rings. The monoisotopic (exact) mass is 366 g/mol. The van der Waals surface area contributed by atoms with Crippen LogP contribution >= 0.6 is 27.5 Å². The maximum atomic E-state index is 6.63. The number of benzene rings is 2. The van der Waals surface area contributed by atoms with E-state index >= 15 is 0 Å². The molecule has 0 heterocycles. The van der Waals surface area contributed by atoms with Crippen molar-refractivity contribution in [1.29, 1.82) is 0 Å². The fourth-order valence-corrected chi connectivity index (χ4v) is 3.03. The minimum Gasteiger partial charge on any atom is -0.496 e. The van der Waals surface area contributed by atoms with Crippen molar-refractivity contribution in [2.24, 2.45) is 5.92 Å². The Morgan fingerprint density at radius 1 is 1.10 bits per heavy atom. The minimum absolute atomic E-state index is 0.207. The lowest BCUT2D eigenvalue weighted by molar-refractivity contribution is 0.410. The quantitative estimate of drug-likeness (QED) is 0.590. The van der Waals surface area contributed by atoms with Gasteiger partial charge in [0.1, 0.15) is 5.75 Å². The van der Waals surface area contributed by atoms with E-state index in [0.717, 1.165) is 27.8 Å². The summed E-state index contributed by atoms with van der Waals surface area (Å²) in [6.45, 7) is 4.45. The largest absolute Gasteiger partial charge is 0.496 e. The number of alkyl halides is 1. The molecular formula is C18H20BrClO. The van der Waals surface area contributed by atoms with Crippen LogP contribution in [0.4, 0.5) is 0 Å². The highest BCUT2D eigenvalue weighted by Gasteiger charge is 2.16. The summed E-state index contributed by atoms with van der Waals surface area (Å²) in [4.78, 5) is 0. The molecule has 3 heteroatoms. The summed E-state index contributed by atoms with van der Waals surface area (Å²) < 4.78 is 6.42. The predicted molar refractivity (Wildman–Crippen MR) is 93.4 cm³/mol. The van der Waals surface area contributed by atoms with E-state index in [2.05, 4.69) is 54.0 Å². The summed E-state index contributed by atoms with van der Waals surface area (Å²) in [5, 5.41) is -0.207. The molecule has 0 radical (unpaired) electrons. The first-order valence-corrected chi connectivity index (χ1v) is 8.30. The first-order chi connectivity index (χ1) is 10.0. The third kappa shape index (κ3) is 4.24. The van der Waals surface area contributed by atoms with Crippen LogP contribution in [0.25, 0.3) is 0 Å². The van der Waals surface area contributed by atoms with Crippen LogP contribution in [-0.2, 0) is 6.42 Å².